The molecule has 1 aliphatic heterocycles. The molecule has 2 atom stereocenters. The third kappa shape index (κ3) is 6.55. The molecule has 208 valence electrons. The molecule has 3 aromatic carbocycles. The number of carbonyl (C=O) groups excluding carboxylic acids is 1. The zero-order valence-electron chi connectivity index (χ0n) is 21.7. The highest BCUT2D eigenvalue weighted by atomic mass is 19.1. The maximum atomic E-state index is 14.1. The van der Waals surface area contributed by atoms with Crippen molar-refractivity contribution in [1.82, 2.24) is 10.9 Å². The van der Waals surface area contributed by atoms with Crippen LogP contribution in [-0.2, 0) is 22.5 Å². The van der Waals surface area contributed by atoms with Gasteiger partial charge in [0.05, 0.1) is 6.61 Å². The molecule has 0 saturated carbocycles. The molecule has 1 heterocycles. The van der Waals surface area contributed by atoms with E-state index >= 15 is 0 Å². The summed E-state index contributed by atoms with van der Waals surface area (Å²) in [4.78, 5) is 21.3. The van der Waals surface area contributed by atoms with E-state index in [1.54, 1.807) is 55.5 Å². The van der Waals surface area contributed by atoms with E-state index in [0.717, 1.165) is 12.1 Å². The van der Waals surface area contributed by atoms with Crippen molar-refractivity contribution in [3.63, 3.8) is 0 Å². The summed E-state index contributed by atoms with van der Waals surface area (Å²) in [6, 6.07) is 17.0. The monoisotopic (exact) mass is 550 g/mol. The first-order valence-electron chi connectivity index (χ1n) is 12.6. The molecule has 0 saturated heterocycles. The highest BCUT2D eigenvalue weighted by Crippen LogP contribution is 2.35. The number of aliphatic hydroxyl groups excluding tert-OH is 1. The van der Waals surface area contributed by atoms with Crippen LogP contribution in [0.25, 0.3) is 10.4 Å². The fourth-order valence-corrected chi connectivity index (χ4v) is 4.23. The minimum Gasteiger partial charge on any atom is -0.494 e. The Kier molecular flexibility index (Phi) is 9.28. The molecule has 0 unspecified atom stereocenters. The summed E-state index contributed by atoms with van der Waals surface area (Å²) in [5.74, 6) is -1.17. The molecule has 0 fully saturated rings. The molecule has 12 heteroatoms. The first-order valence-corrected chi connectivity index (χ1v) is 12.6. The van der Waals surface area contributed by atoms with Gasteiger partial charge in [0.25, 0.3) is 5.91 Å². The highest BCUT2D eigenvalue weighted by molar-refractivity contribution is 6.00. The fourth-order valence-electron chi connectivity index (χ4n) is 4.23. The third-order valence-corrected chi connectivity index (χ3v) is 6.43. The molecule has 40 heavy (non-hydrogen) atoms. The standard InChI is InChI=1S/C28H28F2N6O4/c1-18-28(16-20-5-2-3-6-25(20)34-36-31,27(38)35-32-17-21-7-10-22(29)15-24(21)30)33-26(40-18)19-8-11-23(12-9-19)39-14-4-13-37/h2-3,5-12,15,18,32,37H,4,13-14,16-17H2,1H3,(H,35,38)/t18-,28-/m0/s1. The lowest BCUT2D eigenvalue weighted by Crippen LogP contribution is -2.55. The normalized spacial score (nSPS) is 17.9. The van der Waals surface area contributed by atoms with E-state index in [9.17, 15) is 13.6 Å². The molecule has 3 aromatic rings. The number of amides is 1. The molecule has 3 N–H and O–H groups in total. The first-order chi connectivity index (χ1) is 19.4. The lowest BCUT2D eigenvalue weighted by molar-refractivity contribution is -0.129. The van der Waals surface area contributed by atoms with Crippen LogP contribution in [0.5, 0.6) is 5.75 Å². The Hall–Kier alpha value is -4.51. The zero-order chi connectivity index (χ0) is 28.5. The number of ether oxygens (including phenoxy) is 2. The van der Waals surface area contributed by atoms with E-state index in [0.29, 0.717) is 35.6 Å². The van der Waals surface area contributed by atoms with Crippen LogP contribution in [-0.4, -0.2) is 41.8 Å². The van der Waals surface area contributed by atoms with Gasteiger partial charge in [-0.15, -0.1) is 0 Å². The van der Waals surface area contributed by atoms with Crippen LogP contribution in [0.2, 0.25) is 0 Å². The second-order valence-corrected chi connectivity index (χ2v) is 9.09. The Morgan fingerprint density at radius 3 is 2.67 bits per heavy atom. The van der Waals surface area contributed by atoms with Gasteiger partial charge in [-0.25, -0.2) is 19.2 Å². The van der Waals surface area contributed by atoms with Gasteiger partial charge in [0.15, 0.2) is 5.54 Å². The summed E-state index contributed by atoms with van der Waals surface area (Å²) in [6.07, 6.45) is -0.203. The predicted molar refractivity (Wildman–Crippen MR) is 144 cm³/mol. The van der Waals surface area contributed by atoms with Gasteiger partial charge in [0.2, 0.25) is 5.90 Å². The van der Waals surface area contributed by atoms with Crippen molar-refractivity contribution < 1.29 is 28.2 Å². The van der Waals surface area contributed by atoms with Gasteiger partial charge in [0.1, 0.15) is 23.5 Å². The Bertz CT molecular complexity index is 1430. The number of nitrogens with zero attached hydrogens (tertiary/aromatic N) is 4. The second kappa shape index (κ2) is 13.0. The number of carbonyl (C=O) groups is 1. The van der Waals surface area contributed by atoms with E-state index < -0.39 is 29.2 Å². The number of aliphatic hydroxyl groups is 1. The van der Waals surface area contributed by atoms with E-state index in [1.807, 2.05) is 0 Å². The molecule has 4 rings (SSSR count). The molecule has 0 aromatic heterocycles. The van der Waals surface area contributed by atoms with Crippen LogP contribution >= 0.6 is 0 Å². The van der Waals surface area contributed by atoms with E-state index in [1.165, 1.54) is 6.07 Å². The minimum absolute atomic E-state index is 0.0290. The summed E-state index contributed by atoms with van der Waals surface area (Å²) in [7, 11) is 0. The quantitative estimate of drug-likeness (QED) is 0.0991. The number of aliphatic imine (C=N–C) groups is 1. The van der Waals surface area contributed by atoms with E-state index in [-0.39, 0.29) is 31.0 Å². The van der Waals surface area contributed by atoms with Crippen molar-refractivity contribution in [1.29, 1.82) is 0 Å². The number of nitrogens with one attached hydrogen (secondary N) is 2. The molecule has 0 radical (unpaired) electrons. The number of benzene rings is 3. The zero-order valence-corrected chi connectivity index (χ0v) is 21.7. The first kappa shape index (κ1) is 28.5. The summed E-state index contributed by atoms with van der Waals surface area (Å²) in [5.41, 5.74) is 14.5. The van der Waals surface area contributed by atoms with E-state index in [4.69, 9.17) is 25.1 Å². The Morgan fingerprint density at radius 1 is 1.18 bits per heavy atom. The van der Waals surface area contributed by atoms with Crippen LogP contribution in [0.3, 0.4) is 0 Å². The molecule has 0 spiro atoms. The van der Waals surface area contributed by atoms with Crippen molar-refractivity contribution in [2.75, 3.05) is 13.2 Å². The maximum Gasteiger partial charge on any atom is 0.266 e. The lowest BCUT2D eigenvalue weighted by atomic mass is 9.85. The Balaban J connectivity index is 1.61. The smallest absolute Gasteiger partial charge is 0.266 e. The van der Waals surface area contributed by atoms with Crippen LogP contribution in [0.15, 0.2) is 76.8 Å². The highest BCUT2D eigenvalue weighted by Gasteiger charge is 2.50. The van der Waals surface area contributed by atoms with Gasteiger partial charge in [-0.3, -0.25) is 10.2 Å². The molecule has 0 bridgehead atoms. The van der Waals surface area contributed by atoms with Crippen LogP contribution in [0.1, 0.15) is 30.0 Å². The fraction of sp³-hybridized carbons (Fsp3) is 0.286. The molecular formula is C28H28F2N6O4. The topological polar surface area (TPSA) is 141 Å². The predicted octanol–water partition coefficient (Wildman–Crippen LogP) is 4.64. The molecular weight excluding hydrogens is 522 g/mol. The summed E-state index contributed by atoms with van der Waals surface area (Å²) in [6.45, 7) is 2.00. The van der Waals surface area contributed by atoms with Crippen molar-refractivity contribution >= 4 is 17.5 Å². The number of hydrazine groups is 1. The van der Waals surface area contributed by atoms with E-state index in [2.05, 4.69) is 20.9 Å². The molecule has 10 nitrogen and oxygen atoms in total. The molecule has 1 aliphatic rings. The lowest BCUT2D eigenvalue weighted by Gasteiger charge is -2.28. The second-order valence-electron chi connectivity index (χ2n) is 9.09. The van der Waals surface area contributed by atoms with Gasteiger partial charge in [-0.1, -0.05) is 35.4 Å². The van der Waals surface area contributed by atoms with Crippen molar-refractivity contribution in [3.8, 4) is 5.75 Å². The number of rotatable bonds is 12. The van der Waals surface area contributed by atoms with Gasteiger partial charge in [0, 0.05) is 53.8 Å². The van der Waals surface area contributed by atoms with Gasteiger partial charge in [-0.05, 0) is 48.4 Å². The average Bonchev–Trinajstić information content (AvgIpc) is 3.28. The Labute approximate surface area is 229 Å². The number of hydrogen-bond donors (Lipinski definition) is 3. The van der Waals surface area contributed by atoms with Crippen LogP contribution in [0.4, 0.5) is 14.5 Å². The number of azide groups is 1. The average molecular weight is 551 g/mol. The summed E-state index contributed by atoms with van der Waals surface area (Å²) >= 11 is 0. The number of halogens is 2. The molecule has 0 aliphatic carbocycles. The third-order valence-electron chi connectivity index (χ3n) is 6.43. The maximum absolute atomic E-state index is 14.1. The summed E-state index contributed by atoms with van der Waals surface area (Å²) in [5, 5.41) is 12.7. The minimum atomic E-state index is -1.49. The largest absolute Gasteiger partial charge is 0.494 e. The van der Waals surface area contributed by atoms with Gasteiger partial charge in [-0.2, -0.15) is 0 Å². The van der Waals surface area contributed by atoms with Crippen LogP contribution < -0.4 is 15.6 Å². The summed E-state index contributed by atoms with van der Waals surface area (Å²) < 4.78 is 39.0. The van der Waals surface area contributed by atoms with Gasteiger partial charge < -0.3 is 14.6 Å². The van der Waals surface area contributed by atoms with Crippen molar-refractivity contribution in [2.24, 2.45) is 10.1 Å². The van der Waals surface area contributed by atoms with Crippen LogP contribution in [0, 0.1) is 11.6 Å². The molecule has 1 amide bonds. The van der Waals surface area contributed by atoms with Crippen molar-refractivity contribution in [3.05, 3.63) is 105 Å². The van der Waals surface area contributed by atoms with Crippen molar-refractivity contribution in [2.45, 2.75) is 38.0 Å². The number of hydrogen-bond acceptors (Lipinski definition) is 7. The van der Waals surface area contributed by atoms with Gasteiger partial charge >= 0.3 is 0 Å². The SMILES string of the molecule is C[C@@H]1OC(c2ccc(OCCCO)cc2)=N[C@]1(Cc1ccccc1N=[N+]=[N-])C(=O)NNCc1ccc(F)cc1F. The Morgan fingerprint density at radius 2 is 1.95 bits per heavy atom.